The van der Waals surface area contributed by atoms with Crippen molar-refractivity contribution in [3.63, 3.8) is 0 Å². The molecule has 41 heavy (non-hydrogen) atoms. The average Bonchev–Trinajstić information content (AvgIpc) is 3.73. The highest BCUT2D eigenvalue weighted by molar-refractivity contribution is 7.13. The highest BCUT2D eigenvalue weighted by atomic mass is 32.1. The van der Waals surface area contributed by atoms with E-state index in [0.717, 1.165) is 48.1 Å². The Morgan fingerprint density at radius 1 is 1.27 bits per heavy atom. The van der Waals surface area contributed by atoms with Crippen LogP contribution in [0.25, 0.3) is 6.08 Å². The summed E-state index contributed by atoms with van der Waals surface area (Å²) in [4.78, 5) is 47.7. The average molecular weight is 581 g/mol. The van der Waals surface area contributed by atoms with Crippen molar-refractivity contribution in [2.45, 2.75) is 77.2 Å². The highest BCUT2D eigenvalue weighted by Crippen LogP contribution is 2.30. The second kappa shape index (κ2) is 13.8. The van der Waals surface area contributed by atoms with Gasteiger partial charge in [-0.1, -0.05) is 57.2 Å². The van der Waals surface area contributed by atoms with Crippen LogP contribution in [0.15, 0.2) is 42.8 Å². The zero-order chi connectivity index (χ0) is 29.5. The predicted octanol–water partition coefficient (Wildman–Crippen LogP) is 5.42. The number of nitrogens with one attached hydrogen (secondary N) is 1. The maximum Gasteiger partial charge on any atom is 0.410 e. The Bertz CT molecular complexity index is 1280. The number of unbranched alkanes of at least 4 members (excludes halogenated alkanes) is 1. The molecule has 0 unspecified atom stereocenters. The quantitative estimate of drug-likeness (QED) is 0.203. The van der Waals surface area contributed by atoms with Crippen LogP contribution in [0.3, 0.4) is 0 Å². The van der Waals surface area contributed by atoms with Gasteiger partial charge < -0.3 is 19.7 Å². The summed E-state index contributed by atoms with van der Waals surface area (Å²) < 4.78 is 10.9. The largest absolute Gasteiger partial charge is 0.467 e. The van der Waals surface area contributed by atoms with Gasteiger partial charge in [-0.15, -0.1) is 17.9 Å². The molecule has 1 fully saturated rings. The molecule has 2 aliphatic rings. The number of fused-ring (bicyclic) bond motifs is 1. The Balaban J connectivity index is 1.45. The van der Waals surface area contributed by atoms with E-state index in [-0.39, 0.29) is 24.8 Å². The van der Waals surface area contributed by atoms with Gasteiger partial charge in [0.25, 0.3) is 0 Å². The van der Waals surface area contributed by atoms with Gasteiger partial charge in [-0.2, -0.15) is 0 Å². The molecule has 9 nitrogen and oxygen atoms in total. The van der Waals surface area contributed by atoms with Crippen molar-refractivity contribution in [2.24, 2.45) is 5.92 Å². The number of rotatable bonds is 12. The fourth-order valence-corrected chi connectivity index (χ4v) is 6.16. The summed E-state index contributed by atoms with van der Waals surface area (Å²) in [5, 5.41) is 6.00. The molecule has 10 heteroatoms. The van der Waals surface area contributed by atoms with E-state index < -0.39 is 30.3 Å². The van der Waals surface area contributed by atoms with Crippen molar-refractivity contribution in [1.82, 2.24) is 14.8 Å². The van der Waals surface area contributed by atoms with Gasteiger partial charge in [0.05, 0.1) is 25.9 Å². The van der Waals surface area contributed by atoms with Crippen LogP contribution < -0.4 is 5.32 Å². The summed E-state index contributed by atoms with van der Waals surface area (Å²) in [5.74, 6) is -0.790. The van der Waals surface area contributed by atoms with Gasteiger partial charge in [-0.3, -0.25) is 9.69 Å². The summed E-state index contributed by atoms with van der Waals surface area (Å²) in [6, 6.07) is 4.47. The van der Waals surface area contributed by atoms with Crippen molar-refractivity contribution in [2.75, 3.05) is 19.0 Å². The molecule has 0 spiro atoms. The second-order valence-corrected chi connectivity index (χ2v) is 11.5. The number of ether oxygens (including phenoxy) is 2. The van der Waals surface area contributed by atoms with E-state index in [1.807, 2.05) is 43.5 Å². The van der Waals surface area contributed by atoms with Gasteiger partial charge in [0.2, 0.25) is 5.91 Å². The molecule has 2 amide bonds. The van der Waals surface area contributed by atoms with Crippen molar-refractivity contribution in [3.8, 4) is 0 Å². The molecule has 0 saturated carbocycles. The van der Waals surface area contributed by atoms with Crippen LogP contribution in [0.4, 0.5) is 9.93 Å². The minimum absolute atomic E-state index is 0.0299. The first-order chi connectivity index (χ1) is 19.8. The van der Waals surface area contributed by atoms with E-state index in [0.29, 0.717) is 18.2 Å². The Kier molecular flexibility index (Phi) is 10.2. The summed E-state index contributed by atoms with van der Waals surface area (Å²) in [5.41, 5.74) is 4.08. The fraction of sp³-hybridized carbons (Fsp3) is 0.484. The molecule has 0 bridgehead atoms. The lowest BCUT2D eigenvalue weighted by Gasteiger charge is -2.30. The number of aryl methyl sites for hydroxylation is 1. The number of aromatic nitrogens is 1. The van der Waals surface area contributed by atoms with Gasteiger partial charge in [-0.05, 0) is 41.9 Å². The summed E-state index contributed by atoms with van der Waals surface area (Å²) >= 11 is 1.46. The van der Waals surface area contributed by atoms with E-state index in [9.17, 15) is 14.4 Å². The first-order valence-corrected chi connectivity index (χ1v) is 15.1. The molecule has 1 saturated heterocycles. The standard InChI is InChI=1S/C31H40N4O5S/c1-6-9-10-14-23-19-41-30(32-23)33-27(20(4)7-2)28(36)35-17-24(15-26(35)29(37)39-5)40-31(38)34-16-22-13-11-12-21(8-3)25(22)18-34/h6,8,11-13,19-20,24,26-27H,1,3,7,9-10,14-18H2,2,4-5H3,(H,32,33)/t20-,24+,26-,27-/m0/s1. The molecule has 4 rings (SSSR count). The molecule has 2 aliphatic heterocycles. The van der Waals surface area contributed by atoms with E-state index in [1.165, 1.54) is 23.3 Å². The van der Waals surface area contributed by atoms with Crippen LogP contribution in [-0.2, 0) is 38.6 Å². The van der Waals surface area contributed by atoms with Crippen molar-refractivity contribution in [3.05, 3.63) is 65.2 Å². The van der Waals surface area contributed by atoms with Gasteiger partial charge >= 0.3 is 12.1 Å². The molecule has 220 valence electrons. The van der Waals surface area contributed by atoms with Gasteiger partial charge in [0.1, 0.15) is 18.2 Å². The first-order valence-electron chi connectivity index (χ1n) is 14.2. The van der Waals surface area contributed by atoms with Crippen LogP contribution >= 0.6 is 11.3 Å². The number of amides is 2. The number of likely N-dealkylation sites (tertiary alicyclic amines) is 1. The Morgan fingerprint density at radius 3 is 2.78 bits per heavy atom. The molecule has 0 aliphatic carbocycles. The van der Waals surface area contributed by atoms with E-state index in [4.69, 9.17) is 9.47 Å². The fourth-order valence-electron chi connectivity index (χ4n) is 5.38. The number of anilines is 1. The smallest absolute Gasteiger partial charge is 0.410 e. The van der Waals surface area contributed by atoms with E-state index in [2.05, 4.69) is 23.5 Å². The third-order valence-electron chi connectivity index (χ3n) is 7.94. The number of benzene rings is 1. The molecule has 4 atom stereocenters. The third kappa shape index (κ3) is 6.98. The summed E-state index contributed by atoms with van der Waals surface area (Å²) in [6.45, 7) is 12.6. The van der Waals surface area contributed by atoms with E-state index in [1.54, 1.807) is 11.0 Å². The number of thiazole rings is 1. The number of carbonyl (C=O) groups is 3. The SMILES string of the molecule is C=CCCCc1csc(N[C@H](C(=O)N2C[C@H](OC(=O)N3Cc4cccc(C=C)c4C3)C[C@H]2C(=O)OC)[C@@H](C)CC)n1. The zero-order valence-electron chi connectivity index (χ0n) is 24.1. The van der Waals surface area contributed by atoms with Crippen molar-refractivity contribution >= 4 is 40.5 Å². The summed E-state index contributed by atoms with van der Waals surface area (Å²) in [7, 11) is 1.30. The number of hydrogen-bond acceptors (Lipinski definition) is 8. The molecular formula is C31H40N4O5S. The maximum absolute atomic E-state index is 14.0. The van der Waals surface area contributed by atoms with E-state index >= 15 is 0 Å². The monoisotopic (exact) mass is 580 g/mol. The minimum Gasteiger partial charge on any atom is -0.467 e. The molecular weight excluding hydrogens is 540 g/mol. The van der Waals surface area contributed by atoms with Crippen LogP contribution in [-0.4, -0.2) is 64.6 Å². The highest BCUT2D eigenvalue weighted by Gasteiger charge is 2.45. The molecule has 1 aromatic carbocycles. The number of esters is 1. The van der Waals surface area contributed by atoms with Crippen molar-refractivity contribution < 1.29 is 23.9 Å². The normalized spacial score (nSPS) is 19.3. The zero-order valence-corrected chi connectivity index (χ0v) is 25.0. The molecule has 2 aromatic rings. The number of allylic oxidation sites excluding steroid dienone is 1. The molecule has 3 heterocycles. The van der Waals surface area contributed by atoms with Crippen LogP contribution in [0.5, 0.6) is 0 Å². The third-order valence-corrected chi connectivity index (χ3v) is 8.76. The topological polar surface area (TPSA) is 101 Å². The number of methoxy groups -OCH3 is 1. The Morgan fingerprint density at radius 2 is 2.07 bits per heavy atom. The summed E-state index contributed by atoms with van der Waals surface area (Å²) in [6.07, 6.45) is 6.23. The van der Waals surface area contributed by atoms with Crippen LogP contribution in [0, 0.1) is 5.92 Å². The lowest BCUT2D eigenvalue weighted by molar-refractivity contribution is -0.151. The molecule has 1 aromatic heterocycles. The van der Waals surface area contributed by atoms with Crippen LogP contribution in [0.1, 0.15) is 61.9 Å². The van der Waals surface area contributed by atoms with Crippen LogP contribution in [0.2, 0.25) is 0 Å². The van der Waals surface area contributed by atoms with Crippen molar-refractivity contribution in [1.29, 1.82) is 0 Å². The second-order valence-electron chi connectivity index (χ2n) is 10.6. The Labute approximate surface area is 246 Å². The predicted molar refractivity (Wildman–Crippen MR) is 160 cm³/mol. The lowest BCUT2D eigenvalue weighted by atomic mass is 9.97. The number of nitrogens with zero attached hydrogens (tertiary/aromatic N) is 3. The van der Waals surface area contributed by atoms with Gasteiger partial charge in [0.15, 0.2) is 5.13 Å². The Hall–Kier alpha value is -3.66. The molecule has 1 N–H and O–H groups in total. The minimum atomic E-state index is -0.840. The first kappa shape index (κ1) is 30.3. The number of hydrogen-bond donors (Lipinski definition) is 1. The van der Waals surface area contributed by atoms with Gasteiger partial charge in [-0.25, -0.2) is 14.6 Å². The number of carbonyl (C=O) groups excluding carboxylic acids is 3. The molecule has 0 radical (unpaired) electrons. The maximum atomic E-state index is 14.0. The lowest BCUT2D eigenvalue weighted by Crippen LogP contribution is -2.50. The van der Waals surface area contributed by atoms with Gasteiger partial charge in [0, 0.05) is 18.3 Å².